The van der Waals surface area contributed by atoms with E-state index in [1.165, 1.54) is 18.3 Å². The fourth-order valence-corrected chi connectivity index (χ4v) is 4.81. The SMILES string of the molecule is Cc1cc(NCc2c(Cl)cc(C(F)(F)F)cc2-c2ccc(C(=O)CCCC(=O)O)nc2)ccc1-c1ccc(Cl)cc1. The minimum Gasteiger partial charge on any atom is -0.481 e. The van der Waals surface area contributed by atoms with Gasteiger partial charge in [0.1, 0.15) is 5.69 Å². The van der Waals surface area contributed by atoms with Crippen molar-refractivity contribution < 1.29 is 27.9 Å². The predicted octanol–water partition coefficient (Wildman–Crippen LogP) is 9.10. The molecule has 0 aliphatic carbocycles. The summed E-state index contributed by atoms with van der Waals surface area (Å²) >= 11 is 12.4. The average molecular weight is 601 g/mol. The van der Waals surface area contributed by atoms with Crippen molar-refractivity contribution >= 4 is 40.6 Å². The van der Waals surface area contributed by atoms with Crippen LogP contribution in [0, 0.1) is 6.92 Å². The van der Waals surface area contributed by atoms with E-state index >= 15 is 0 Å². The molecule has 1 aromatic heterocycles. The third-order valence-corrected chi connectivity index (χ3v) is 7.12. The summed E-state index contributed by atoms with van der Waals surface area (Å²) in [6, 6.07) is 18.1. The summed E-state index contributed by atoms with van der Waals surface area (Å²) in [5.74, 6) is -1.35. The number of anilines is 1. The molecule has 0 spiro atoms. The first kappa shape index (κ1) is 30.1. The summed E-state index contributed by atoms with van der Waals surface area (Å²) in [5, 5.41) is 12.6. The molecule has 4 rings (SSSR count). The Morgan fingerprint density at radius 3 is 2.22 bits per heavy atom. The van der Waals surface area contributed by atoms with Crippen molar-refractivity contribution in [2.45, 2.75) is 38.9 Å². The van der Waals surface area contributed by atoms with E-state index in [1.807, 2.05) is 49.4 Å². The Hall–Kier alpha value is -3.88. The summed E-state index contributed by atoms with van der Waals surface area (Å²) in [7, 11) is 0. The van der Waals surface area contributed by atoms with E-state index < -0.39 is 17.7 Å². The molecule has 0 atom stereocenters. The highest BCUT2D eigenvalue weighted by Gasteiger charge is 2.32. The van der Waals surface area contributed by atoms with Crippen LogP contribution in [-0.2, 0) is 17.5 Å². The van der Waals surface area contributed by atoms with Crippen LogP contribution in [0.1, 0.15) is 46.4 Å². The number of nitrogens with zero attached hydrogens (tertiary/aromatic N) is 1. The lowest BCUT2D eigenvalue weighted by Gasteiger charge is -2.18. The van der Waals surface area contributed by atoms with Gasteiger partial charge in [0.05, 0.1) is 5.56 Å². The molecule has 0 saturated carbocycles. The highest BCUT2D eigenvalue weighted by atomic mass is 35.5. The summed E-state index contributed by atoms with van der Waals surface area (Å²) in [4.78, 5) is 27.2. The fraction of sp³-hybridized carbons (Fsp3) is 0.194. The Morgan fingerprint density at radius 1 is 0.902 bits per heavy atom. The number of ketones is 1. The van der Waals surface area contributed by atoms with E-state index in [4.69, 9.17) is 28.3 Å². The van der Waals surface area contributed by atoms with Gasteiger partial charge < -0.3 is 10.4 Å². The standard InChI is InChI=1S/C31H25Cl2F3N2O3/c1-18-13-23(10-11-24(18)19-5-8-22(32)9-6-19)37-17-26-25(14-21(15-27(26)33)31(34,35)36)20-7-12-28(38-16-20)29(39)3-2-4-30(40)41/h5-16,37H,2-4,17H2,1H3,(H,40,41). The van der Waals surface area contributed by atoms with Crippen LogP contribution in [0.25, 0.3) is 22.3 Å². The van der Waals surface area contributed by atoms with Crippen molar-refractivity contribution in [3.05, 3.63) is 105 Å². The molecular formula is C31H25Cl2F3N2O3. The van der Waals surface area contributed by atoms with Gasteiger partial charge in [-0.25, -0.2) is 0 Å². The van der Waals surface area contributed by atoms with Crippen LogP contribution >= 0.6 is 23.2 Å². The van der Waals surface area contributed by atoms with Crippen LogP contribution in [0.5, 0.6) is 0 Å². The van der Waals surface area contributed by atoms with Gasteiger partial charge in [-0.1, -0.05) is 47.5 Å². The number of hydrogen-bond donors (Lipinski definition) is 2. The van der Waals surface area contributed by atoms with Gasteiger partial charge in [-0.05, 0) is 83.6 Å². The van der Waals surface area contributed by atoms with Crippen LogP contribution in [0.3, 0.4) is 0 Å². The van der Waals surface area contributed by atoms with Crippen molar-refractivity contribution in [2.75, 3.05) is 5.32 Å². The number of alkyl halides is 3. The maximum atomic E-state index is 13.7. The van der Waals surface area contributed by atoms with Gasteiger partial charge >= 0.3 is 12.1 Å². The maximum absolute atomic E-state index is 13.7. The zero-order valence-corrected chi connectivity index (χ0v) is 23.4. The van der Waals surface area contributed by atoms with Crippen molar-refractivity contribution in [1.29, 1.82) is 0 Å². The molecule has 0 aliphatic heterocycles. The van der Waals surface area contributed by atoms with E-state index in [0.717, 1.165) is 34.5 Å². The predicted molar refractivity (Wildman–Crippen MR) is 154 cm³/mol. The van der Waals surface area contributed by atoms with Crippen LogP contribution in [0.4, 0.5) is 18.9 Å². The van der Waals surface area contributed by atoms with Gasteiger partial charge in [0, 0.05) is 46.9 Å². The maximum Gasteiger partial charge on any atom is 0.416 e. The number of hydrogen-bond acceptors (Lipinski definition) is 4. The summed E-state index contributed by atoms with van der Waals surface area (Å²) in [6.07, 6.45) is -3.28. The number of benzene rings is 3. The molecular weight excluding hydrogens is 576 g/mol. The summed E-state index contributed by atoms with van der Waals surface area (Å²) < 4.78 is 41.0. The third kappa shape index (κ3) is 7.65. The van der Waals surface area contributed by atoms with Crippen LogP contribution in [0.2, 0.25) is 10.0 Å². The van der Waals surface area contributed by atoms with Crippen LogP contribution < -0.4 is 5.32 Å². The topological polar surface area (TPSA) is 79.3 Å². The van der Waals surface area contributed by atoms with Gasteiger partial charge in [-0.15, -0.1) is 0 Å². The first-order valence-corrected chi connectivity index (χ1v) is 13.4. The van der Waals surface area contributed by atoms with Gasteiger partial charge in [-0.3, -0.25) is 14.6 Å². The number of carboxylic acids is 1. The summed E-state index contributed by atoms with van der Waals surface area (Å²) in [6.45, 7) is 2.09. The molecule has 41 heavy (non-hydrogen) atoms. The second-order valence-electron chi connectivity index (χ2n) is 9.47. The first-order valence-electron chi connectivity index (χ1n) is 12.6. The van der Waals surface area contributed by atoms with Crippen molar-refractivity contribution in [1.82, 2.24) is 4.98 Å². The highest BCUT2D eigenvalue weighted by Crippen LogP contribution is 2.38. The molecule has 2 N–H and O–H groups in total. The Balaban J connectivity index is 1.60. The largest absolute Gasteiger partial charge is 0.481 e. The van der Waals surface area contributed by atoms with Gasteiger partial charge in [-0.2, -0.15) is 13.2 Å². The van der Waals surface area contributed by atoms with E-state index in [1.54, 1.807) is 0 Å². The minimum atomic E-state index is -4.62. The van der Waals surface area contributed by atoms with Crippen LogP contribution in [-0.4, -0.2) is 21.8 Å². The van der Waals surface area contributed by atoms with Crippen molar-refractivity contribution in [3.63, 3.8) is 0 Å². The Labute approximate surface area is 245 Å². The van der Waals surface area contributed by atoms with E-state index in [2.05, 4.69) is 10.3 Å². The average Bonchev–Trinajstić information content (AvgIpc) is 2.92. The van der Waals surface area contributed by atoms with Crippen molar-refractivity contribution in [2.24, 2.45) is 0 Å². The number of carboxylic acid groups (broad SMARTS) is 1. The highest BCUT2D eigenvalue weighted by molar-refractivity contribution is 6.32. The smallest absolute Gasteiger partial charge is 0.416 e. The quantitative estimate of drug-likeness (QED) is 0.177. The lowest BCUT2D eigenvalue weighted by molar-refractivity contribution is -0.138. The third-order valence-electron chi connectivity index (χ3n) is 6.53. The lowest BCUT2D eigenvalue weighted by atomic mass is 9.97. The normalized spacial score (nSPS) is 11.4. The molecule has 0 aliphatic rings. The molecule has 0 fully saturated rings. The Kier molecular flexibility index (Phi) is 9.35. The fourth-order valence-electron chi connectivity index (χ4n) is 4.40. The molecule has 1 heterocycles. The van der Waals surface area contributed by atoms with E-state index in [9.17, 15) is 22.8 Å². The number of carbonyl (C=O) groups excluding carboxylic acids is 1. The number of aliphatic carboxylic acids is 1. The number of rotatable bonds is 10. The molecule has 0 bridgehead atoms. The van der Waals surface area contributed by atoms with Crippen molar-refractivity contribution in [3.8, 4) is 22.3 Å². The van der Waals surface area contributed by atoms with Gasteiger partial charge in [0.2, 0.25) is 0 Å². The molecule has 3 aromatic carbocycles. The zero-order chi connectivity index (χ0) is 29.7. The molecule has 0 radical (unpaired) electrons. The number of aryl methyl sites for hydroxylation is 1. The molecule has 0 unspecified atom stereocenters. The Morgan fingerprint density at radius 2 is 1.61 bits per heavy atom. The minimum absolute atomic E-state index is 0.000567. The Bertz CT molecular complexity index is 1570. The number of halogens is 5. The molecule has 212 valence electrons. The second-order valence-corrected chi connectivity index (χ2v) is 10.3. The zero-order valence-electron chi connectivity index (χ0n) is 21.9. The monoisotopic (exact) mass is 600 g/mol. The number of carbonyl (C=O) groups is 2. The summed E-state index contributed by atoms with van der Waals surface area (Å²) in [5.41, 5.74) is 3.97. The second kappa shape index (κ2) is 12.7. The first-order chi connectivity index (χ1) is 19.4. The molecule has 0 saturated heterocycles. The van der Waals surface area contributed by atoms with E-state index in [0.29, 0.717) is 16.1 Å². The molecule has 4 aromatic rings. The molecule has 10 heteroatoms. The van der Waals surface area contributed by atoms with Gasteiger partial charge in [0.25, 0.3) is 0 Å². The number of nitrogens with one attached hydrogen (secondary N) is 1. The molecule has 5 nitrogen and oxygen atoms in total. The molecule has 0 amide bonds. The lowest BCUT2D eigenvalue weighted by Crippen LogP contribution is -2.09. The number of aromatic nitrogens is 1. The van der Waals surface area contributed by atoms with Crippen LogP contribution in [0.15, 0.2) is 72.9 Å². The number of Topliss-reactive ketones (excluding diaryl/α,β-unsaturated/α-hetero) is 1. The van der Waals surface area contributed by atoms with E-state index in [-0.39, 0.29) is 47.9 Å². The number of pyridine rings is 1. The van der Waals surface area contributed by atoms with Gasteiger partial charge in [0.15, 0.2) is 5.78 Å².